The van der Waals surface area contributed by atoms with Gasteiger partial charge in [-0.25, -0.2) is 4.79 Å². The molecule has 0 aromatic heterocycles. The van der Waals surface area contributed by atoms with Crippen LogP contribution in [0.1, 0.15) is 24.8 Å². The van der Waals surface area contributed by atoms with E-state index in [1.165, 1.54) is 7.11 Å². The Bertz CT molecular complexity index is 698. The highest BCUT2D eigenvalue weighted by atomic mass is 16.5. The fourth-order valence-electron chi connectivity index (χ4n) is 3.95. The van der Waals surface area contributed by atoms with Gasteiger partial charge in [0.2, 0.25) is 0 Å². The number of rotatable bonds is 6. The lowest BCUT2D eigenvalue weighted by Gasteiger charge is -2.38. The van der Waals surface area contributed by atoms with Crippen LogP contribution in [0.3, 0.4) is 0 Å². The zero-order valence-corrected chi connectivity index (χ0v) is 15.6. The topological polar surface area (TPSA) is 112 Å². The summed E-state index contributed by atoms with van der Waals surface area (Å²) in [4.78, 5) is 27.7. The number of amides is 2. The third-order valence-corrected chi connectivity index (χ3v) is 5.54. The first-order chi connectivity index (χ1) is 13.0. The third kappa shape index (κ3) is 4.32. The second kappa shape index (κ2) is 8.28. The molecule has 1 atom stereocenters. The molecule has 146 valence electrons. The van der Waals surface area contributed by atoms with Crippen molar-refractivity contribution >= 4 is 23.5 Å². The number of ether oxygens (including phenoxy) is 1. The number of piperidine rings is 1. The second-order valence-corrected chi connectivity index (χ2v) is 7.06. The van der Waals surface area contributed by atoms with Crippen molar-refractivity contribution in [1.29, 1.82) is 5.41 Å². The van der Waals surface area contributed by atoms with Crippen molar-refractivity contribution in [2.45, 2.75) is 25.3 Å². The molecule has 8 heteroatoms. The number of carbonyl (C=O) groups excluding carboxylic acids is 2. The SMILES string of the molecule is COC(=O)CCN1C(=O)NCC1C1CCN(c2ccc(C(=N)N)cc2)CC1. The minimum atomic E-state index is -0.294. The number of methoxy groups -OCH3 is 1. The third-order valence-electron chi connectivity index (χ3n) is 5.54. The highest BCUT2D eigenvalue weighted by Gasteiger charge is 2.37. The van der Waals surface area contributed by atoms with Crippen LogP contribution < -0.4 is 16.0 Å². The zero-order valence-electron chi connectivity index (χ0n) is 15.6. The van der Waals surface area contributed by atoms with Gasteiger partial charge in [-0.05, 0) is 43.0 Å². The second-order valence-electron chi connectivity index (χ2n) is 7.06. The molecule has 8 nitrogen and oxygen atoms in total. The zero-order chi connectivity index (χ0) is 19.4. The van der Waals surface area contributed by atoms with Crippen LogP contribution >= 0.6 is 0 Å². The molecule has 0 spiro atoms. The van der Waals surface area contributed by atoms with E-state index in [1.54, 1.807) is 4.90 Å². The maximum Gasteiger partial charge on any atom is 0.317 e. The normalized spacial score (nSPS) is 20.5. The molecule has 0 bridgehead atoms. The summed E-state index contributed by atoms with van der Waals surface area (Å²) in [6.07, 6.45) is 2.20. The molecule has 1 aromatic rings. The Labute approximate surface area is 159 Å². The molecule has 0 saturated carbocycles. The maximum atomic E-state index is 12.1. The minimum absolute atomic E-state index is 0.0747. The summed E-state index contributed by atoms with van der Waals surface area (Å²) in [6, 6.07) is 7.78. The molecular weight excluding hydrogens is 346 g/mol. The smallest absolute Gasteiger partial charge is 0.317 e. The van der Waals surface area contributed by atoms with Crippen molar-refractivity contribution < 1.29 is 14.3 Å². The molecule has 0 radical (unpaired) electrons. The number of carbonyl (C=O) groups is 2. The number of benzene rings is 1. The summed E-state index contributed by atoms with van der Waals surface area (Å²) in [5, 5.41) is 10.4. The molecule has 0 aliphatic carbocycles. The van der Waals surface area contributed by atoms with Gasteiger partial charge in [0, 0.05) is 37.4 Å². The van der Waals surface area contributed by atoms with E-state index >= 15 is 0 Å². The van der Waals surface area contributed by atoms with Crippen LogP contribution in [0.5, 0.6) is 0 Å². The highest BCUT2D eigenvalue weighted by molar-refractivity contribution is 5.95. The molecule has 2 aliphatic heterocycles. The average Bonchev–Trinajstić information content (AvgIpc) is 3.06. The van der Waals surface area contributed by atoms with Crippen LogP contribution in [0.4, 0.5) is 10.5 Å². The van der Waals surface area contributed by atoms with Gasteiger partial charge in [-0.2, -0.15) is 0 Å². The lowest BCUT2D eigenvalue weighted by atomic mass is 9.88. The van der Waals surface area contributed by atoms with E-state index in [9.17, 15) is 9.59 Å². The molecule has 2 amide bonds. The molecule has 2 heterocycles. The molecule has 2 saturated heterocycles. The van der Waals surface area contributed by atoms with E-state index in [4.69, 9.17) is 11.1 Å². The monoisotopic (exact) mass is 373 g/mol. The van der Waals surface area contributed by atoms with Crippen molar-refractivity contribution in [2.24, 2.45) is 11.7 Å². The first-order valence-electron chi connectivity index (χ1n) is 9.30. The molecule has 1 aromatic carbocycles. The van der Waals surface area contributed by atoms with Gasteiger partial charge in [0.05, 0.1) is 19.6 Å². The Morgan fingerprint density at radius 2 is 1.96 bits per heavy atom. The van der Waals surface area contributed by atoms with Gasteiger partial charge in [0.1, 0.15) is 5.84 Å². The predicted octanol–water partition coefficient (Wildman–Crippen LogP) is 1.14. The quantitative estimate of drug-likeness (QED) is 0.393. The van der Waals surface area contributed by atoms with Crippen LogP contribution in [0.2, 0.25) is 0 Å². The first kappa shape index (κ1) is 19.0. The number of hydrogen-bond acceptors (Lipinski definition) is 5. The molecule has 2 fully saturated rings. The Hall–Kier alpha value is -2.77. The van der Waals surface area contributed by atoms with E-state index in [-0.39, 0.29) is 30.3 Å². The molecular formula is C19H27N5O3. The van der Waals surface area contributed by atoms with Crippen molar-refractivity contribution in [3.8, 4) is 0 Å². The summed E-state index contributed by atoms with van der Waals surface area (Å²) < 4.78 is 4.69. The summed E-state index contributed by atoms with van der Waals surface area (Å²) in [7, 11) is 1.36. The number of nitrogen functional groups attached to an aromatic ring is 1. The number of nitrogens with one attached hydrogen (secondary N) is 2. The van der Waals surface area contributed by atoms with Crippen molar-refractivity contribution in [2.75, 3.05) is 38.2 Å². The van der Waals surface area contributed by atoms with Crippen molar-refractivity contribution in [3.63, 3.8) is 0 Å². The maximum absolute atomic E-state index is 12.1. The lowest BCUT2D eigenvalue weighted by molar-refractivity contribution is -0.140. The molecule has 3 rings (SSSR count). The summed E-state index contributed by atoms with van der Waals surface area (Å²) in [5.74, 6) is 0.192. The number of nitrogens with two attached hydrogens (primary N) is 1. The lowest BCUT2D eigenvalue weighted by Crippen LogP contribution is -2.45. The van der Waals surface area contributed by atoms with Crippen LogP contribution in [-0.2, 0) is 9.53 Å². The number of anilines is 1. The van der Waals surface area contributed by atoms with Gasteiger partial charge < -0.3 is 25.6 Å². The van der Waals surface area contributed by atoms with Gasteiger partial charge in [0.25, 0.3) is 0 Å². The number of hydrogen-bond donors (Lipinski definition) is 3. The van der Waals surface area contributed by atoms with Crippen molar-refractivity contribution in [3.05, 3.63) is 29.8 Å². The molecule has 27 heavy (non-hydrogen) atoms. The number of amidine groups is 1. The summed E-state index contributed by atoms with van der Waals surface area (Å²) in [6.45, 7) is 2.87. The highest BCUT2D eigenvalue weighted by Crippen LogP contribution is 2.29. The fourth-order valence-corrected chi connectivity index (χ4v) is 3.95. The Morgan fingerprint density at radius 1 is 1.30 bits per heavy atom. The Balaban J connectivity index is 1.56. The van der Waals surface area contributed by atoms with E-state index in [1.807, 2.05) is 24.3 Å². The van der Waals surface area contributed by atoms with E-state index in [0.717, 1.165) is 37.2 Å². The van der Waals surface area contributed by atoms with Gasteiger partial charge in [0.15, 0.2) is 0 Å². The Morgan fingerprint density at radius 3 is 2.56 bits per heavy atom. The molecule has 4 N–H and O–H groups in total. The average molecular weight is 373 g/mol. The van der Waals surface area contributed by atoms with Gasteiger partial charge in [-0.1, -0.05) is 0 Å². The first-order valence-corrected chi connectivity index (χ1v) is 9.30. The van der Waals surface area contributed by atoms with E-state index in [2.05, 4.69) is 15.0 Å². The van der Waals surface area contributed by atoms with Crippen LogP contribution in [0, 0.1) is 11.3 Å². The minimum Gasteiger partial charge on any atom is -0.469 e. The van der Waals surface area contributed by atoms with Crippen LogP contribution in [0.25, 0.3) is 0 Å². The van der Waals surface area contributed by atoms with Gasteiger partial charge in [-0.15, -0.1) is 0 Å². The van der Waals surface area contributed by atoms with Crippen LogP contribution in [-0.4, -0.2) is 62.1 Å². The van der Waals surface area contributed by atoms with E-state index in [0.29, 0.717) is 19.0 Å². The number of nitrogens with zero attached hydrogens (tertiary/aromatic N) is 2. The fraction of sp³-hybridized carbons (Fsp3) is 0.526. The van der Waals surface area contributed by atoms with E-state index < -0.39 is 0 Å². The molecule has 1 unspecified atom stereocenters. The predicted molar refractivity (Wildman–Crippen MR) is 103 cm³/mol. The summed E-state index contributed by atoms with van der Waals surface area (Å²) in [5.41, 5.74) is 7.36. The number of urea groups is 1. The largest absolute Gasteiger partial charge is 0.469 e. The van der Waals surface area contributed by atoms with Gasteiger partial charge >= 0.3 is 12.0 Å². The Kier molecular flexibility index (Phi) is 5.83. The van der Waals surface area contributed by atoms with Gasteiger partial charge in [-0.3, -0.25) is 10.2 Å². The molecule has 2 aliphatic rings. The standard InChI is InChI=1S/C19H27N5O3/c1-27-17(25)8-11-24-16(12-22-19(24)26)13-6-9-23(10-7-13)15-4-2-14(3-5-15)18(20)21/h2-5,13,16H,6-12H2,1H3,(H3,20,21)(H,22,26). The van der Waals surface area contributed by atoms with Crippen molar-refractivity contribution in [1.82, 2.24) is 10.2 Å². The summed E-state index contributed by atoms with van der Waals surface area (Å²) >= 11 is 0. The van der Waals surface area contributed by atoms with Crippen LogP contribution in [0.15, 0.2) is 24.3 Å². The number of esters is 1.